The summed E-state index contributed by atoms with van der Waals surface area (Å²) < 4.78 is 5.21. The summed E-state index contributed by atoms with van der Waals surface area (Å²) in [7, 11) is 0. The van der Waals surface area contributed by atoms with Gasteiger partial charge in [-0.2, -0.15) is 5.10 Å². The van der Waals surface area contributed by atoms with Crippen LogP contribution in [-0.4, -0.2) is 36.3 Å². The van der Waals surface area contributed by atoms with E-state index >= 15 is 0 Å². The Morgan fingerprint density at radius 1 is 1.13 bits per heavy atom. The van der Waals surface area contributed by atoms with Crippen LogP contribution in [0.25, 0.3) is 22.5 Å². The van der Waals surface area contributed by atoms with Gasteiger partial charge in [-0.25, -0.2) is 9.97 Å². The molecule has 0 unspecified atom stereocenters. The second-order valence-electron chi connectivity index (χ2n) is 6.58. The first-order valence-corrected chi connectivity index (χ1v) is 10.3. The molecule has 0 aliphatic rings. The van der Waals surface area contributed by atoms with Gasteiger partial charge in [-0.1, -0.05) is 18.2 Å². The van der Waals surface area contributed by atoms with E-state index in [1.54, 1.807) is 30.1 Å². The van der Waals surface area contributed by atoms with E-state index in [2.05, 4.69) is 35.7 Å². The largest absolute Gasteiger partial charge is 0.423 e. The number of benzene rings is 2. The quantitative estimate of drug-likeness (QED) is 0.307. The molecule has 1 amide bonds. The van der Waals surface area contributed by atoms with Crippen LogP contribution in [0.15, 0.2) is 76.9 Å². The Morgan fingerprint density at radius 3 is 2.97 bits per heavy atom. The van der Waals surface area contributed by atoms with Crippen LogP contribution in [0.4, 0.5) is 5.69 Å². The lowest BCUT2D eigenvalue weighted by molar-refractivity contribution is 0.102. The van der Waals surface area contributed by atoms with Gasteiger partial charge in [0.15, 0.2) is 5.65 Å². The number of carbonyl (C=O) groups excluding carboxylic acids is 1. The zero-order valence-electron chi connectivity index (χ0n) is 16.0. The molecule has 0 fully saturated rings. The predicted molar refractivity (Wildman–Crippen MR) is 115 cm³/mol. The first-order chi connectivity index (χ1) is 15.3. The van der Waals surface area contributed by atoms with Gasteiger partial charge in [-0.15, -0.1) is 22.0 Å². The number of hydrogen-bond donors (Lipinski definition) is 2. The monoisotopic (exact) mass is 429 g/mol. The third-order valence-corrected chi connectivity index (χ3v) is 5.58. The Balaban J connectivity index is 1.29. The normalized spacial score (nSPS) is 11.0. The Hall–Kier alpha value is -4.05. The van der Waals surface area contributed by atoms with Gasteiger partial charge in [-0.05, 0) is 35.9 Å². The van der Waals surface area contributed by atoms with Crippen LogP contribution in [-0.2, 0) is 5.75 Å². The molecule has 9 nitrogen and oxygen atoms in total. The standard InChI is InChI=1S/C21H15N7O2S/c29-19(26-16-6-2-5-15(8-16)20-28-25-12-30-20)14-4-1-3-13(7-14)10-31-21-17-9-24-27-18(17)22-11-23-21/h1-9,11-12H,10H2,(H,26,29)(H,22,23,24,27). The van der Waals surface area contributed by atoms with Crippen molar-refractivity contribution >= 4 is 34.4 Å². The highest BCUT2D eigenvalue weighted by Crippen LogP contribution is 2.27. The van der Waals surface area contributed by atoms with Crippen molar-refractivity contribution in [3.63, 3.8) is 0 Å². The molecule has 0 aliphatic carbocycles. The second-order valence-corrected chi connectivity index (χ2v) is 7.54. The van der Waals surface area contributed by atoms with Gasteiger partial charge in [-0.3, -0.25) is 9.89 Å². The summed E-state index contributed by atoms with van der Waals surface area (Å²) in [6.45, 7) is 0. The molecule has 31 heavy (non-hydrogen) atoms. The molecule has 152 valence electrons. The molecular formula is C21H15N7O2S. The average molecular weight is 429 g/mol. The van der Waals surface area contributed by atoms with Gasteiger partial charge in [0, 0.05) is 22.6 Å². The van der Waals surface area contributed by atoms with Gasteiger partial charge in [0.25, 0.3) is 5.91 Å². The smallest absolute Gasteiger partial charge is 0.255 e. The topological polar surface area (TPSA) is 122 Å². The van der Waals surface area contributed by atoms with Crippen molar-refractivity contribution in [3.8, 4) is 11.5 Å². The summed E-state index contributed by atoms with van der Waals surface area (Å²) in [5, 5.41) is 19.0. The highest BCUT2D eigenvalue weighted by molar-refractivity contribution is 7.98. The molecule has 0 bridgehead atoms. The van der Waals surface area contributed by atoms with Gasteiger partial charge >= 0.3 is 0 Å². The maximum absolute atomic E-state index is 12.8. The van der Waals surface area contributed by atoms with Gasteiger partial charge in [0.1, 0.15) is 11.4 Å². The summed E-state index contributed by atoms with van der Waals surface area (Å²) in [4.78, 5) is 21.3. The number of nitrogens with one attached hydrogen (secondary N) is 2. The first kappa shape index (κ1) is 18.9. The number of rotatable bonds is 6. The van der Waals surface area contributed by atoms with Crippen LogP contribution in [0.2, 0.25) is 0 Å². The number of nitrogens with zero attached hydrogens (tertiary/aromatic N) is 5. The van der Waals surface area contributed by atoms with Crippen LogP contribution in [0.3, 0.4) is 0 Å². The van der Waals surface area contributed by atoms with E-state index < -0.39 is 0 Å². The van der Waals surface area contributed by atoms with E-state index in [4.69, 9.17) is 4.42 Å². The lowest BCUT2D eigenvalue weighted by atomic mass is 10.1. The number of fused-ring (bicyclic) bond motifs is 1. The molecule has 5 rings (SSSR count). The number of carbonyl (C=O) groups is 1. The molecule has 3 aromatic heterocycles. The summed E-state index contributed by atoms with van der Waals surface area (Å²) in [6.07, 6.45) is 4.49. The molecule has 0 aliphatic heterocycles. The van der Waals surface area contributed by atoms with Crippen LogP contribution in [0.5, 0.6) is 0 Å². The van der Waals surface area contributed by atoms with Gasteiger partial charge < -0.3 is 9.73 Å². The molecule has 2 N–H and O–H groups in total. The maximum atomic E-state index is 12.8. The summed E-state index contributed by atoms with van der Waals surface area (Å²) in [5.74, 6) is 0.853. The summed E-state index contributed by atoms with van der Waals surface area (Å²) >= 11 is 1.57. The summed E-state index contributed by atoms with van der Waals surface area (Å²) in [5.41, 5.74) is 3.65. The molecule has 5 aromatic rings. The Morgan fingerprint density at radius 2 is 2.06 bits per heavy atom. The predicted octanol–water partition coefficient (Wildman–Crippen LogP) is 3.95. The zero-order valence-corrected chi connectivity index (χ0v) is 16.8. The lowest BCUT2D eigenvalue weighted by Gasteiger charge is -2.08. The minimum Gasteiger partial charge on any atom is -0.423 e. The van der Waals surface area contributed by atoms with Crippen LogP contribution < -0.4 is 5.32 Å². The van der Waals surface area contributed by atoms with Crippen molar-refractivity contribution in [1.82, 2.24) is 30.4 Å². The van der Waals surface area contributed by atoms with Crippen molar-refractivity contribution in [2.75, 3.05) is 5.32 Å². The van der Waals surface area contributed by atoms with E-state index in [0.717, 1.165) is 21.5 Å². The maximum Gasteiger partial charge on any atom is 0.255 e. The number of aromatic nitrogens is 6. The lowest BCUT2D eigenvalue weighted by Crippen LogP contribution is -2.12. The van der Waals surface area contributed by atoms with Gasteiger partial charge in [0.2, 0.25) is 12.3 Å². The number of thioether (sulfide) groups is 1. The Kier molecular flexibility index (Phi) is 5.11. The Bertz CT molecular complexity index is 1350. The highest BCUT2D eigenvalue weighted by Gasteiger charge is 2.11. The number of H-pyrrole nitrogens is 1. The third kappa shape index (κ3) is 4.14. The number of hydrogen-bond acceptors (Lipinski definition) is 8. The van der Waals surface area contributed by atoms with E-state index in [0.29, 0.717) is 28.5 Å². The number of aromatic amines is 1. The first-order valence-electron chi connectivity index (χ1n) is 9.30. The minimum atomic E-state index is -0.200. The van der Waals surface area contributed by atoms with E-state index in [-0.39, 0.29) is 5.91 Å². The molecule has 0 saturated heterocycles. The molecular weight excluding hydrogens is 414 g/mol. The van der Waals surface area contributed by atoms with Crippen molar-refractivity contribution in [2.45, 2.75) is 10.8 Å². The van der Waals surface area contributed by atoms with Crippen LogP contribution in [0.1, 0.15) is 15.9 Å². The SMILES string of the molecule is O=C(Nc1cccc(-c2nnco2)c1)c1cccc(CSc2ncnc3[nH]ncc23)c1. The fourth-order valence-corrected chi connectivity index (χ4v) is 3.95. The minimum absolute atomic E-state index is 0.200. The highest BCUT2D eigenvalue weighted by atomic mass is 32.2. The van der Waals surface area contributed by atoms with Crippen molar-refractivity contribution in [2.24, 2.45) is 0 Å². The number of anilines is 1. The zero-order chi connectivity index (χ0) is 21.0. The van der Waals surface area contributed by atoms with Crippen LogP contribution >= 0.6 is 11.8 Å². The third-order valence-electron chi connectivity index (χ3n) is 4.50. The molecule has 0 radical (unpaired) electrons. The number of amides is 1. The molecule has 10 heteroatoms. The van der Waals surface area contributed by atoms with Crippen molar-refractivity contribution in [3.05, 3.63) is 78.6 Å². The van der Waals surface area contributed by atoms with Crippen LogP contribution in [0, 0.1) is 0 Å². The molecule has 0 spiro atoms. The molecule has 0 atom stereocenters. The average Bonchev–Trinajstić information content (AvgIpc) is 3.50. The van der Waals surface area contributed by atoms with E-state index in [9.17, 15) is 4.79 Å². The van der Waals surface area contributed by atoms with Crippen molar-refractivity contribution in [1.29, 1.82) is 0 Å². The van der Waals surface area contributed by atoms with E-state index in [1.807, 2.05) is 36.4 Å². The molecule has 3 heterocycles. The second kappa shape index (κ2) is 8.36. The van der Waals surface area contributed by atoms with E-state index in [1.165, 1.54) is 12.7 Å². The fraction of sp³-hybridized carbons (Fsp3) is 0.0476. The summed E-state index contributed by atoms with van der Waals surface area (Å²) in [6, 6.07) is 14.8. The Labute approximate surface area is 180 Å². The molecule has 0 saturated carbocycles. The molecule has 2 aromatic carbocycles. The van der Waals surface area contributed by atoms with Crippen molar-refractivity contribution < 1.29 is 9.21 Å². The fourth-order valence-electron chi connectivity index (χ4n) is 3.04. The van der Waals surface area contributed by atoms with Gasteiger partial charge in [0.05, 0.1) is 11.6 Å².